The molecule has 5 heteroatoms. The van der Waals surface area contributed by atoms with Gasteiger partial charge in [-0.3, -0.25) is 4.84 Å². The van der Waals surface area contributed by atoms with Gasteiger partial charge in [-0.15, -0.1) is 0 Å². The van der Waals surface area contributed by atoms with E-state index in [-0.39, 0.29) is 12.4 Å². The molecule has 0 saturated carbocycles. The van der Waals surface area contributed by atoms with E-state index in [1.165, 1.54) is 5.56 Å². The Labute approximate surface area is 101 Å². The Bertz CT molecular complexity index is 356. The monoisotopic (exact) mass is 241 g/mol. The number of benzene rings is 1. The Hall–Kier alpha value is -1.39. The van der Waals surface area contributed by atoms with E-state index in [1.807, 2.05) is 17.3 Å². The van der Waals surface area contributed by atoms with Gasteiger partial charge in [0, 0.05) is 0 Å². The molecule has 16 heavy (non-hydrogen) atoms. The van der Waals surface area contributed by atoms with E-state index in [2.05, 4.69) is 31.2 Å². The van der Waals surface area contributed by atoms with Gasteiger partial charge >= 0.3 is 0 Å². The minimum absolute atomic E-state index is 0. The van der Waals surface area contributed by atoms with Crippen molar-refractivity contribution in [1.82, 2.24) is 5.01 Å². The summed E-state index contributed by atoms with van der Waals surface area (Å²) >= 11 is 0. The van der Waals surface area contributed by atoms with Gasteiger partial charge in [-0.25, -0.2) is 0 Å². The Balaban J connectivity index is 0.00000128. The van der Waals surface area contributed by atoms with E-state index >= 15 is 0 Å². The lowest BCUT2D eigenvalue weighted by atomic mass is 10.1. The van der Waals surface area contributed by atoms with E-state index in [0.717, 1.165) is 6.42 Å². The molecule has 1 unspecified atom stereocenters. The van der Waals surface area contributed by atoms with Crippen LogP contribution in [0.5, 0.6) is 0 Å². The van der Waals surface area contributed by atoms with Crippen LogP contribution in [0.3, 0.4) is 0 Å². The van der Waals surface area contributed by atoms with Crippen LogP contribution < -0.4 is 23.7 Å². The molecule has 2 rings (SSSR count). The molecular weight excluding hydrogens is 226 g/mol. The first-order valence-electron chi connectivity index (χ1n) is 5.04. The SMILES string of the molecule is CC(Cc1ccccc1)N1C=C(N)O[NH2+]1.[Cl-]. The fourth-order valence-electron chi connectivity index (χ4n) is 1.62. The third kappa shape index (κ3) is 3.05. The molecule has 4 nitrogen and oxygen atoms in total. The Morgan fingerprint density at radius 1 is 1.38 bits per heavy atom. The van der Waals surface area contributed by atoms with Gasteiger partial charge in [-0.1, -0.05) is 35.9 Å². The quantitative estimate of drug-likeness (QED) is 0.559. The Morgan fingerprint density at radius 2 is 2.06 bits per heavy atom. The molecule has 0 radical (unpaired) electrons. The molecule has 0 aliphatic carbocycles. The van der Waals surface area contributed by atoms with E-state index in [0.29, 0.717) is 11.9 Å². The van der Waals surface area contributed by atoms with E-state index in [4.69, 9.17) is 10.6 Å². The molecule has 0 amide bonds. The fourth-order valence-corrected chi connectivity index (χ4v) is 1.62. The van der Waals surface area contributed by atoms with Crippen molar-refractivity contribution in [3.05, 3.63) is 48.0 Å². The summed E-state index contributed by atoms with van der Waals surface area (Å²) in [6.07, 6.45) is 2.79. The number of nitrogens with zero attached hydrogens (tertiary/aromatic N) is 1. The molecule has 1 atom stereocenters. The van der Waals surface area contributed by atoms with Gasteiger partial charge in [0.05, 0.1) is 6.04 Å². The van der Waals surface area contributed by atoms with Crippen molar-refractivity contribution in [2.24, 2.45) is 5.73 Å². The summed E-state index contributed by atoms with van der Waals surface area (Å²) in [5.41, 5.74) is 8.49. The maximum Gasteiger partial charge on any atom is 0.277 e. The van der Waals surface area contributed by atoms with Crippen molar-refractivity contribution in [1.29, 1.82) is 0 Å². The van der Waals surface area contributed by atoms with Crippen LogP contribution >= 0.6 is 0 Å². The molecule has 0 fully saturated rings. The van der Waals surface area contributed by atoms with Crippen LogP contribution in [-0.4, -0.2) is 11.1 Å². The van der Waals surface area contributed by atoms with Gasteiger partial charge in [0.15, 0.2) is 0 Å². The molecule has 0 saturated heterocycles. The predicted octanol–water partition coefficient (Wildman–Crippen LogP) is -2.90. The van der Waals surface area contributed by atoms with Crippen LogP contribution in [0.1, 0.15) is 12.5 Å². The average molecular weight is 242 g/mol. The predicted molar refractivity (Wildman–Crippen MR) is 56.7 cm³/mol. The maximum absolute atomic E-state index is 5.52. The highest BCUT2D eigenvalue weighted by molar-refractivity contribution is 5.15. The van der Waals surface area contributed by atoms with Crippen LogP contribution in [0, 0.1) is 0 Å². The largest absolute Gasteiger partial charge is 1.00 e. The minimum Gasteiger partial charge on any atom is -1.00 e. The lowest BCUT2D eigenvalue weighted by Crippen LogP contribution is -3.00. The molecule has 1 aliphatic rings. The van der Waals surface area contributed by atoms with Crippen LogP contribution in [0.4, 0.5) is 0 Å². The third-order valence-corrected chi connectivity index (χ3v) is 2.47. The highest BCUT2D eigenvalue weighted by atomic mass is 35.5. The van der Waals surface area contributed by atoms with Crippen molar-refractivity contribution in [2.75, 3.05) is 0 Å². The highest BCUT2D eigenvalue weighted by Gasteiger charge is 2.21. The summed E-state index contributed by atoms with van der Waals surface area (Å²) < 4.78 is 0. The normalized spacial score (nSPS) is 16.1. The molecule has 0 aromatic heterocycles. The van der Waals surface area contributed by atoms with Crippen molar-refractivity contribution in [3.63, 3.8) is 0 Å². The third-order valence-electron chi connectivity index (χ3n) is 2.47. The number of quaternary nitrogens is 1. The first-order chi connectivity index (χ1) is 7.25. The molecular formula is C11H16ClN3O. The molecule has 1 aromatic rings. The number of halogens is 1. The van der Waals surface area contributed by atoms with E-state index in [9.17, 15) is 0 Å². The highest BCUT2D eigenvalue weighted by Crippen LogP contribution is 2.07. The van der Waals surface area contributed by atoms with E-state index < -0.39 is 0 Å². The van der Waals surface area contributed by atoms with Crippen molar-refractivity contribution in [2.45, 2.75) is 19.4 Å². The standard InChI is InChI=1S/C11H15N3O.ClH/c1-9(14-8-11(12)15-13-14)7-10-5-3-2-4-6-10;/h2-6,8-9,13H,7,12H2,1H3;1H. The Morgan fingerprint density at radius 3 is 2.62 bits per heavy atom. The second kappa shape index (κ2) is 5.63. The molecule has 88 valence electrons. The van der Waals surface area contributed by atoms with Crippen LogP contribution in [-0.2, 0) is 11.3 Å². The zero-order valence-electron chi connectivity index (χ0n) is 9.14. The maximum atomic E-state index is 5.52. The molecule has 1 heterocycles. The van der Waals surface area contributed by atoms with Gasteiger partial charge < -0.3 is 18.1 Å². The number of rotatable bonds is 3. The second-order valence-corrected chi connectivity index (χ2v) is 3.74. The lowest BCUT2D eigenvalue weighted by molar-refractivity contribution is -0.974. The van der Waals surface area contributed by atoms with Gasteiger partial charge in [0.1, 0.15) is 6.20 Å². The molecule has 1 aliphatic heterocycles. The summed E-state index contributed by atoms with van der Waals surface area (Å²) in [5, 5.41) is 1.99. The number of hydrogen-bond donors (Lipinski definition) is 2. The van der Waals surface area contributed by atoms with Crippen LogP contribution in [0.2, 0.25) is 0 Å². The van der Waals surface area contributed by atoms with Crippen molar-refractivity contribution >= 4 is 0 Å². The van der Waals surface area contributed by atoms with Gasteiger partial charge in [-0.2, -0.15) is 5.01 Å². The fraction of sp³-hybridized carbons (Fsp3) is 0.273. The molecule has 4 N–H and O–H groups in total. The minimum atomic E-state index is 0. The summed E-state index contributed by atoms with van der Waals surface area (Å²) in [6, 6.07) is 10.7. The first-order valence-corrected chi connectivity index (χ1v) is 5.04. The van der Waals surface area contributed by atoms with E-state index in [1.54, 1.807) is 5.59 Å². The zero-order chi connectivity index (χ0) is 10.7. The molecule has 0 spiro atoms. The smallest absolute Gasteiger partial charge is 0.277 e. The van der Waals surface area contributed by atoms with Crippen molar-refractivity contribution in [3.8, 4) is 0 Å². The first kappa shape index (κ1) is 12.7. The van der Waals surface area contributed by atoms with Crippen LogP contribution in [0.15, 0.2) is 42.4 Å². The molecule has 0 bridgehead atoms. The average Bonchev–Trinajstić information content (AvgIpc) is 2.66. The number of nitrogens with two attached hydrogens (primary N) is 2. The van der Waals surface area contributed by atoms with Gasteiger partial charge in [0.25, 0.3) is 5.88 Å². The Kier molecular flexibility index (Phi) is 4.46. The topological polar surface area (TPSA) is 55.1 Å². The van der Waals surface area contributed by atoms with Gasteiger partial charge in [0.2, 0.25) is 0 Å². The summed E-state index contributed by atoms with van der Waals surface area (Å²) in [4.78, 5) is 5.06. The van der Waals surface area contributed by atoms with Gasteiger partial charge in [-0.05, 0) is 18.9 Å². The summed E-state index contributed by atoms with van der Waals surface area (Å²) in [6.45, 7) is 2.14. The zero-order valence-corrected chi connectivity index (χ0v) is 9.89. The lowest BCUT2D eigenvalue weighted by Gasteiger charge is -2.17. The molecule has 1 aromatic carbocycles. The second-order valence-electron chi connectivity index (χ2n) is 3.74. The number of hydrogen-bond acceptors (Lipinski definition) is 3. The van der Waals surface area contributed by atoms with Crippen molar-refractivity contribution < 1.29 is 22.8 Å². The summed E-state index contributed by atoms with van der Waals surface area (Å²) in [7, 11) is 0. The van der Waals surface area contributed by atoms with Crippen LogP contribution in [0.25, 0.3) is 0 Å². The summed E-state index contributed by atoms with van der Waals surface area (Å²) in [5.74, 6) is 0.454.